The van der Waals surface area contributed by atoms with Gasteiger partial charge in [-0.05, 0) is 36.8 Å². The minimum absolute atomic E-state index is 0.158. The fourth-order valence-corrected chi connectivity index (χ4v) is 3.40. The maximum Gasteiger partial charge on any atom is 0.331 e. The number of halogens is 2. The molecule has 4 rings (SSSR count). The number of carbonyl (C=O) groups excluding carboxylic acids is 1. The van der Waals surface area contributed by atoms with Gasteiger partial charge in [0.2, 0.25) is 5.82 Å². The maximum absolute atomic E-state index is 12.1. The first-order valence-electron chi connectivity index (χ1n) is 9.55. The van der Waals surface area contributed by atoms with E-state index in [4.69, 9.17) is 32.5 Å². The van der Waals surface area contributed by atoms with Crippen molar-refractivity contribution in [2.75, 3.05) is 0 Å². The molecule has 8 nitrogen and oxygen atoms in total. The molecule has 0 aliphatic carbocycles. The monoisotopic (exact) mass is 469 g/mol. The summed E-state index contributed by atoms with van der Waals surface area (Å²) < 4.78 is 11.9. The fraction of sp³-hybridized carbons (Fsp3) is 0.136. The first-order valence-corrected chi connectivity index (χ1v) is 10.3. The second-order valence-electron chi connectivity index (χ2n) is 6.73. The van der Waals surface area contributed by atoms with Gasteiger partial charge in [-0.15, -0.1) is 0 Å². The van der Waals surface area contributed by atoms with Crippen LogP contribution in [-0.4, -0.2) is 30.9 Å². The second-order valence-corrected chi connectivity index (χ2v) is 7.50. The van der Waals surface area contributed by atoms with Gasteiger partial charge in [0.15, 0.2) is 6.61 Å². The Labute approximate surface area is 193 Å². The predicted octanol–water partition coefficient (Wildman–Crippen LogP) is 4.75. The summed E-state index contributed by atoms with van der Waals surface area (Å²) in [5.41, 5.74) is 2.88. The van der Waals surface area contributed by atoms with Gasteiger partial charge in [-0.25, -0.2) is 9.48 Å². The lowest BCUT2D eigenvalue weighted by molar-refractivity contribution is -0.139. The van der Waals surface area contributed by atoms with Gasteiger partial charge >= 0.3 is 5.97 Å². The van der Waals surface area contributed by atoms with Crippen LogP contribution in [0.4, 0.5) is 0 Å². The average Bonchev–Trinajstić information content (AvgIpc) is 3.38. The molecule has 162 valence electrons. The van der Waals surface area contributed by atoms with Crippen molar-refractivity contribution in [1.29, 1.82) is 0 Å². The Kier molecular flexibility index (Phi) is 6.63. The molecule has 0 N–H and O–H groups in total. The summed E-state index contributed by atoms with van der Waals surface area (Å²) in [5.74, 6) is -0.0409. The number of benzene rings is 1. The molecule has 0 radical (unpaired) electrons. The Morgan fingerprint density at radius 3 is 2.84 bits per heavy atom. The summed E-state index contributed by atoms with van der Waals surface area (Å²) in [5, 5.41) is 9.31. The van der Waals surface area contributed by atoms with Crippen molar-refractivity contribution in [3.8, 4) is 11.4 Å². The zero-order valence-electron chi connectivity index (χ0n) is 16.9. The number of pyridine rings is 1. The molecule has 0 bridgehead atoms. The highest BCUT2D eigenvalue weighted by Crippen LogP contribution is 2.24. The molecular weight excluding hydrogens is 453 g/mol. The predicted molar refractivity (Wildman–Crippen MR) is 119 cm³/mol. The van der Waals surface area contributed by atoms with E-state index in [0.717, 1.165) is 5.56 Å². The van der Waals surface area contributed by atoms with Gasteiger partial charge in [0.05, 0.1) is 12.2 Å². The van der Waals surface area contributed by atoms with E-state index in [1.807, 2.05) is 18.2 Å². The molecule has 0 saturated carbocycles. The number of hydrogen-bond acceptors (Lipinski definition) is 7. The number of nitrogens with zero attached hydrogens (tertiary/aromatic N) is 5. The van der Waals surface area contributed by atoms with E-state index in [1.54, 1.807) is 48.3 Å². The van der Waals surface area contributed by atoms with Crippen LogP contribution in [-0.2, 0) is 22.7 Å². The Morgan fingerprint density at radius 1 is 1.22 bits per heavy atom. The number of aromatic nitrogens is 5. The highest BCUT2D eigenvalue weighted by molar-refractivity contribution is 6.32. The van der Waals surface area contributed by atoms with Gasteiger partial charge in [-0.1, -0.05) is 46.6 Å². The molecule has 0 fully saturated rings. The molecule has 1 aromatic carbocycles. The standard InChI is InChI=1S/C22H17Cl2N5O3/c1-14-17(21(24)29(27-14)12-16-5-2-3-7-18(16)23)8-9-20(30)31-13-19-26-22(28-32-19)15-6-4-10-25-11-15/h2-11H,12-13H2,1H3/b9-8+. The third-order valence-corrected chi connectivity index (χ3v) is 5.27. The highest BCUT2D eigenvalue weighted by Gasteiger charge is 2.14. The van der Waals surface area contributed by atoms with Crippen molar-refractivity contribution in [1.82, 2.24) is 24.9 Å². The van der Waals surface area contributed by atoms with Gasteiger partial charge in [-0.2, -0.15) is 10.1 Å². The number of ether oxygens (including phenoxy) is 1. The van der Waals surface area contributed by atoms with Crippen LogP contribution in [0.3, 0.4) is 0 Å². The summed E-state index contributed by atoms with van der Waals surface area (Å²) in [6.07, 6.45) is 6.09. The lowest BCUT2D eigenvalue weighted by Crippen LogP contribution is -2.02. The zero-order valence-corrected chi connectivity index (χ0v) is 18.4. The minimum Gasteiger partial charge on any atom is -0.452 e. The van der Waals surface area contributed by atoms with Gasteiger partial charge in [-0.3, -0.25) is 4.98 Å². The maximum atomic E-state index is 12.1. The Morgan fingerprint density at radius 2 is 2.06 bits per heavy atom. The van der Waals surface area contributed by atoms with Gasteiger partial charge < -0.3 is 9.26 Å². The molecule has 4 aromatic rings. The number of rotatable bonds is 7. The summed E-state index contributed by atoms with van der Waals surface area (Å²) in [6, 6.07) is 11.0. The van der Waals surface area contributed by atoms with E-state index < -0.39 is 5.97 Å². The Balaban J connectivity index is 1.38. The number of aryl methyl sites for hydroxylation is 1. The van der Waals surface area contributed by atoms with Gasteiger partial charge in [0.1, 0.15) is 5.15 Å². The molecule has 3 aromatic heterocycles. The van der Waals surface area contributed by atoms with Gasteiger partial charge in [0.25, 0.3) is 5.89 Å². The van der Waals surface area contributed by atoms with E-state index in [-0.39, 0.29) is 12.5 Å². The molecule has 0 aliphatic heterocycles. The van der Waals surface area contributed by atoms with E-state index in [1.165, 1.54) is 6.08 Å². The molecule has 10 heteroatoms. The summed E-state index contributed by atoms with van der Waals surface area (Å²) in [4.78, 5) is 20.3. The number of hydrogen-bond donors (Lipinski definition) is 0. The fourth-order valence-electron chi connectivity index (χ4n) is 2.91. The molecule has 0 spiro atoms. The second kappa shape index (κ2) is 9.76. The average molecular weight is 470 g/mol. The van der Waals surface area contributed by atoms with Crippen molar-refractivity contribution >= 4 is 35.2 Å². The van der Waals surface area contributed by atoms with Crippen LogP contribution in [0, 0.1) is 6.92 Å². The van der Waals surface area contributed by atoms with Crippen LogP contribution in [0.1, 0.15) is 22.7 Å². The summed E-state index contributed by atoms with van der Waals surface area (Å²) >= 11 is 12.7. The molecule has 0 aliphatic rings. The first-order chi connectivity index (χ1) is 15.5. The molecule has 0 atom stereocenters. The van der Waals surface area contributed by atoms with Crippen molar-refractivity contribution in [2.45, 2.75) is 20.1 Å². The lowest BCUT2D eigenvalue weighted by Gasteiger charge is -2.05. The molecular formula is C22H17Cl2N5O3. The SMILES string of the molecule is Cc1nn(Cc2ccccc2Cl)c(Cl)c1/C=C/C(=O)OCc1nc(-c2cccnc2)no1. The first kappa shape index (κ1) is 21.7. The largest absolute Gasteiger partial charge is 0.452 e. The third-order valence-electron chi connectivity index (χ3n) is 4.50. The molecule has 0 saturated heterocycles. The summed E-state index contributed by atoms with van der Waals surface area (Å²) in [6.45, 7) is 2.06. The Hall–Kier alpha value is -3.49. The van der Waals surface area contributed by atoms with Crippen LogP contribution in [0.15, 0.2) is 59.4 Å². The topological polar surface area (TPSA) is 95.9 Å². The molecule has 3 heterocycles. The van der Waals surface area contributed by atoms with E-state index in [0.29, 0.717) is 39.4 Å². The molecule has 32 heavy (non-hydrogen) atoms. The van der Waals surface area contributed by atoms with Crippen molar-refractivity contribution in [2.24, 2.45) is 0 Å². The highest BCUT2D eigenvalue weighted by atomic mass is 35.5. The van der Waals surface area contributed by atoms with E-state index in [2.05, 4.69) is 20.2 Å². The number of carbonyl (C=O) groups is 1. The Bertz CT molecular complexity index is 1270. The normalized spacial score (nSPS) is 11.2. The van der Waals surface area contributed by atoms with Crippen LogP contribution in [0.5, 0.6) is 0 Å². The van der Waals surface area contributed by atoms with Crippen molar-refractivity contribution in [3.63, 3.8) is 0 Å². The summed E-state index contributed by atoms with van der Waals surface area (Å²) in [7, 11) is 0. The van der Waals surface area contributed by atoms with Crippen LogP contribution in [0.2, 0.25) is 10.2 Å². The smallest absolute Gasteiger partial charge is 0.331 e. The van der Waals surface area contributed by atoms with Crippen molar-refractivity contribution < 1.29 is 14.1 Å². The zero-order chi connectivity index (χ0) is 22.5. The van der Waals surface area contributed by atoms with Gasteiger partial charge in [0, 0.05) is 34.6 Å². The quantitative estimate of drug-likeness (QED) is 0.284. The lowest BCUT2D eigenvalue weighted by atomic mass is 10.2. The van der Waals surface area contributed by atoms with Crippen LogP contribution >= 0.6 is 23.2 Å². The van der Waals surface area contributed by atoms with Crippen LogP contribution < -0.4 is 0 Å². The minimum atomic E-state index is -0.583. The molecule has 0 unspecified atom stereocenters. The van der Waals surface area contributed by atoms with Crippen LogP contribution in [0.25, 0.3) is 17.5 Å². The molecule has 0 amide bonds. The third kappa shape index (κ3) is 5.04. The van der Waals surface area contributed by atoms with Crippen molar-refractivity contribution in [3.05, 3.63) is 87.8 Å². The van der Waals surface area contributed by atoms with E-state index in [9.17, 15) is 4.79 Å². The number of esters is 1. The van der Waals surface area contributed by atoms with E-state index >= 15 is 0 Å².